The molecule has 0 aliphatic heterocycles. The van der Waals surface area contributed by atoms with Gasteiger partial charge in [-0.2, -0.15) is 39.5 Å². The molecule has 0 bridgehead atoms. The molecule has 0 fully saturated rings. The summed E-state index contributed by atoms with van der Waals surface area (Å²) in [7, 11) is -1.37. The fourth-order valence-electron chi connectivity index (χ4n) is 2.97. The maximum Gasteiger partial charge on any atom is 0.423 e. The van der Waals surface area contributed by atoms with Gasteiger partial charge in [-0.05, 0) is 41.5 Å². The maximum absolute atomic E-state index is 13.8. The van der Waals surface area contributed by atoms with Crippen molar-refractivity contribution in [2.75, 3.05) is 23.9 Å². The lowest BCUT2D eigenvalue weighted by molar-refractivity contribution is -0.261. The third kappa shape index (κ3) is 7.59. The van der Waals surface area contributed by atoms with E-state index >= 15 is 0 Å². The molecule has 0 saturated heterocycles. The van der Waals surface area contributed by atoms with Crippen LogP contribution in [0.25, 0.3) is 0 Å². The number of halogens is 9. The van der Waals surface area contributed by atoms with Crippen molar-refractivity contribution in [3.8, 4) is 0 Å². The average Bonchev–Trinajstić information content (AvgIpc) is 2.74. The van der Waals surface area contributed by atoms with Crippen molar-refractivity contribution >= 4 is 22.4 Å². The molecule has 15 heteroatoms. The molecule has 0 radical (unpaired) electrons. The summed E-state index contributed by atoms with van der Waals surface area (Å²) in [6.45, 7) is -1.51. The normalized spacial score (nSPS) is 15.2. The molecule has 0 aromatic heterocycles. The largest absolute Gasteiger partial charge is 0.423 e. The number of anilines is 1. The molecule has 3 N–H and O–H groups in total. The maximum atomic E-state index is 13.8. The average molecular weight is 550 g/mol. The first kappa shape index (κ1) is 29.4. The number of rotatable bonds is 8. The van der Waals surface area contributed by atoms with Crippen LogP contribution in [-0.2, 0) is 40.1 Å². The highest BCUT2D eigenvalue weighted by atomic mass is 32.2. The number of hydrogen-bond acceptors (Lipinski definition) is 4. The molecule has 200 valence electrons. The minimum atomic E-state index is -5.66. The van der Waals surface area contributed by atoms with Crippen molar-refractivity contribution in [2.24, 2.45) is 0 Å². The third-order valence-electron chi connectivity index (χ3n) is 4.86. The topological polar surface area (TPSA) is 78.4 Å². The van der Waals surface area contributed by atoms with Gasteiger partial charge in [0.25, 0.3) is 0 Å². The highest BCUT2D eigenvalue weighted by molar-refractivity contribution is 7.85. The van der Waals surface area contributed by atoms with Gasteiger partial charge in [-0.25, -0.2) is 0 Å². The summed E-state index contributed by atoms with van der Waals surface area (Å²) in [5.41, 5.74) is -9.34. The Balaban J connectivity index is 2.31. The second-order valence-corrected chi connectivity index (χ2v) is 9.13. The van der Waals surface area contributed by atoms with Crippen LogP contribution in [-0.4, -0.2) is 40.0 Å². The van der Waals surface area contributed by atoms with Crippen LogP contribution in [0.2, 0.25) is 0 Å². The molecule has 2 rings (SSSR count). The van der Waals surface area contributed by atoms with Crippen LogP contribution in [0.15, 0.2) is 42.5 Å². The lowest BCUT2D eigenvalue weighted by Crippen LogP contribution is -2.48. The molecule has 2 aromatic rings. The first-order chi connectivity index (χ1) is 16.3. The zero-order valence-corrected chi connectivity index (χ0v) is 19.1. The number of carbonyl (C=O) groups is 1. The first-order valence-corrected chi connectivity index (χ1v) is 11.5. The van der Waals surface area contributed by atoms with Gasteiger partial charge < -0.3 is 15.7 Å². The number of hydrogen-bond donors (Lipinski definition) is 3. The molecule has 2 aromatic carbocycles. The number of amides is 1. The lowest BCUT2D eigenvalue weighted by atomic mass is 9.89. The van der Waals surface area contributed by atoms with Crippen LogP contribution in [0.3, 0.4) is 0 Å². The monoisotopic (exact) mass is 550 g/mol. The first-order valence-electron chi connectivity index (χ1n) is 9.81. The van der Waals surface area contributed by atoms with Gasteiger partial charge >= 0.3 is 18.5 Å². The molecule has 2 atom stereocenters. The second kappa shape index (κ2) is 10.7. The summed E-state index contributed by atoms with van der Waals surface area (Å²) in [6, 6.07) is 4.48. The van der Waals surface area contributed by atoms with Crippen LogP contribution in [0.5, 0.6) is 0 Å². The zero-order chi connectivity index (χ0) is 27.5. The van der Waals surface area contributed by atoms with Gasteiger partial charge in [0.15, 0.2) is 0 Å². The van der Waals surface area contributed by atoms with Crippen LogP contribution in [0.4, 0.5) is 45.2 Å². The van der Waals surface area contributed by atoms with Crippen LogP contribution in [0.1, 0.15) is 22.3 Å². The predicted octanol–water partition coefficient (Wildman–Crippen LogP) is 4.58. The Labute approximate surface area is 201 Å². The fourth-order valence-corrected chi connectivity index (χ4v) is 3.44. The van der Waals surface area contributed by atoms with Crippen molar-refractivity contribution < 1.29 is 53.6 Å². The summed E-state index contributed by atoms with van der Waals surface area (Å²) < 4.78 is 131. The Morgan fingerprint density at radius 3 is 1.75 bits per heavy atom. The molecular weight excluding hydrogens is 531 g/mol. The second-order valence-electron chi connectivity index (χ2n) is 7.70. The van der Waals surface area contributed by atoms with Crippen molar-refractivity contribution in [1.29, 1.82) is 0 Å². The Kier molecular flexibility index (Phi) is 8.71. The van der Waals surface area contributed by atoms with Gasteiger partial charge in [0, 0.05) is 29.3 Å². The van der Waals surface area contributed by atoms with E-state index in [1.807, 2.05) is 0 Å². The molecule has 36 heavy (non-hydrogen) atoms. The summed E-state index contributed by atoms with van der Waals surface area (Å²) in [5, 5.41) is 15.0. The SMILES string of the molecule is C[S@@](=O)CC(=O)NCc1ccc(NC[C@@](O)(c2cc(C(F)(F)F)cc(C(F)(F)F)c2)C(F)(F)F)cc1. The molecule has 1 amide bonds. The fraction of sp³-hybridized carbons (Fsp3) is 0.381. The van der Waals surface area contributed by atoms with E-state index < -0.39 is 64.1 Å². The van der Waals surface area contributed by atoms with E-state index in [-0.39, 0.29) is 36.2 Å². The molecule has 0 saturated carbocycles. The van der Waals surface area contributed by atoms with Crippen molar-refractivity contribution in [3.05, 3.63) is 64.7 Å². The third-order valence-corrected chi connectivity index (χ3v) is 5.53. The Bertz CT molecular complexity index is 1070. The van der Waals surface area contributed by atoms with Crippen molar-refractivity contribution in [2.45, 2.75) is 30.7 Å². The number of nitrogens with one attached hydrogen (secondary N) is 2. The van der Waals surface area contributed by atoms with Crippen molar-refractivity contribution in [1.82, 2.24) is 5.32 Å². The molecule has 0 heterocycles. The van der Waals surface area contributed by atoms with E-state index in [0.717, 1.165) is 0 Å². The van der Waals surface area contributed by atoms with E-state index in [1.54, 1.807) is 0 Å². The molecule has 0 spiro atoms. The van der Waals surface area contributed by atoms with Crippen LogP contribution >= 0.6 is 0 Å². The lowest BCUT2D eigenvalue weighted by Gasteiger charge is -2.32. The van der Waals surface area contributed by atoms with E-state index in [9.17, 15) is 53.6 Å². The highest BCUT2D eigenvalue weighted by Gasteiger charge is 2.56. The summed E-state index contributed by atoms with van der Waals surface area (Å²) in [5.74, 6) is -0.742. The minimum Gasteiger partial charge on any atom is -0.381 e. The highest BCUT2D eigenvalue weighted by Crippen LogP contribution is 2.44. The van der Waals surface area contributed by atoms with Gasteiger partial charge in [-0.1, -0.05) is 12.1 Å². The minimum absolute atomic E-state index is 0.00669. The van der Waals surface area contributed by atoms with E-state index in [2.05, 4.69) is 10.6 Å². The Morgan fingerprint density at radius 1 is 0.861 bits per heavy atom. The Morgan fingerprint density at radius 2 is 1.33 bits per heavy atom. The quantitative estimate of drug-likeness (QED) is 0.421. The van der Waals surface area contributed by atoms with Crippen LogP contribution < -0.4 is 10.6 Å². The van der Waals surface area contributed by atoms with Gasteiger partial charge in [0.05, 0.1) is 17.7 Å². The number of alkyl halides is 9. The predicted molar refractivity (Wildman–Crippen MR) is 112 cm³/mol. The standard InChI is InChI=1S/C21H19F9N2O3S/c1-36(35)10-17(33)31-9-12-2-4-16(5-3-12)32-11-18(34,21(28,29)30)13-6-14(19(22,23)24)8-15(7-13)20(25,26)27/h2-8,32,34H,9-11H2,1H3,(H,31,33)/t18-,36-/m1/s1. The molecule has 5 nitrogen and oxygen atoms in total. The molecule has 0 aliphatic rings. The molecular formula is C21H19F9N2O3S. The van der Waals surface area contributed by atoms with E-state index in [1.165, 1.54) is 30.5 Å². The molecule has 0 aliphatic carbocycles. The summed E-state index contributed by atoms with van der Waals surface area (Å²) in [6.07, 6.45) is -15.1. The van der Waals surface area contributed by atoms with Gasteiger partial charge in [0.1, 0.15) is 5.75 Å². The number of carbonyl (C=O) groups excluding carboxylic acids is 1. The Hall–Kier alpha value is -2.81. The van der Waals surface area contributed by atoms with Gasteiger partial charge in [-0.3, -0.25) is 9.00 Å². The number of benzene rings is 2. The van der Waals surface area contributed by atoms with E-state index in [0.29, 0.717) is 5.56 Å². The number of aliphatic hydroxyl groups is 1. The summed E-state index contributed by atoms with van der Waals surface area (Å²) in [4.78, 5) is 11.5. The van der Waals surface area contributed by atoms with Crippen LogP contribution in [0, 0.1) is 0 Å². The van der Waals surface area contributed by atoms with E-state index in [4.69, 9.17) is 0 Å². The smallest absolute Gasteiger partial charge is 0.381 e. The van der Waals surface area contributed by atoms with Gasteiger partial charge in [-0.15, -0.1) is 0 Å². The summed E-state index contributed by atoms with van der Waals surface area (Å²) >= 11 is 0. The van der Waals surface area contributed by atoms with Gasteiger partial charge in [0.2, 0.25) is 11.5 Å². The zero-order valence-electron chi connectivity index (χ0n) is 18.2. The van der Waals surface area contributed by atoms with Crippen molar-refractivity contribution in [3.63, 3.8) is 0 Å². The molecule has 0 unspecified atom stereocenters.